The van der Waals surface area contributed by atoms with Crippen molar-refractivity contribution in [1.82, 2.24) is 4.98 Å². The van der Waals surface area contributed by atoms with Gasteiger partial charge in [-0.3, -0.25) is 9.78 Å². The highest BCUT2D eigenvalue weighted by Crippen LogP contribution is 2.17. The van der Waals surface area contributed by atoms with Crippen LogP contribution in [0.4, 0.5) is 0 Å². The first-order valence-corrected chi connectivity index (χ1v) is 4.77. The number of hydrogen-bond donors (Lipinski definition) is 0. The molecule has 1 rings (SSSR count). The number of ether oxygens (including phenoxy) is 1. The van der Waals surface area contributed by atoms with Crippen LogP contribution < -0.4 is 0 Å². The molecule has 1 unspecified atom stereocenters. The number of rotatable bonds is 5. The van der Waals surface area contributed by atoms with E-state index in [2.05, 4.69) is 4.98 Å². The van der Waals surface area contributed by atoms with Gasteiger partial charge in [0.1, 0.15) is 6.10 Å². The molecule has 0 fully saturated rings. The molecule has 0 N–H and O–H groups in total. The Hall–Kier alpha value is -1.22. The predicted octanol–water partition coefficient (Wildman–Crippen LogP) is 2.14. The number of carbonyl (C=O) groups excluding carboxylic acids is 1. The summed E-state index contributed by atoms with van der Waals surface area (Å²) in [6.07, 6.45) is 3.80. The zero-order chi connectivity index (χ0) is 10.4. The molecular formula is C11H15NO2. The van der Waals surface area contributed by atoms with E-state index < -0.39 is 6.10 Å². The van der Waals surface area contributed by atoms with Gasteiger partial charge in [-0.2, -0.15) is 0 Å². The SMILES string of the molecule is CCCOC(C(C)=O)c1cccnc1. The van der Waals surface area contributed by atoms with Crippen LogP contribution in [0.25, 0.3) is 0 Å². The molecule has 0 saturated heterocycles. The summed E-state index contributed by atoms with van der Waals surface area (Å²) in [7, 11) is 0. The van der Waals surface area contributed by atoms with Crippen molar-refractivity contribution in [2.45, 2.75) is 26.4 Å². The van der Waals surface area contributed by atoms with Gasteiger partial charge in [0.05, 0.1) is 0 Å². The van der Waals surface area contributed by atoms with E-state index in [9.17, 15) is 4.79 Å². The summed E-state index contributed by atoms with van der Waals surface area (Å²) in [4.78, 5) is 15.3. The Bertz CT molecular complexity index is 285. The number of nitrogens with zero attached hydrogens (tertiary/aromatic N) is 1. The van der Waals surface area contributed by atoms with E-state index in [1.165, 1.54) is 6.92 Å². The van der Waals surface area contributed by atoms with E-state index in [0.29, 0.717) is 6.61 Å². The Morgan fingerprint density at radius 1 is 1.64 bits per heavy atom. The zero-order valence-corrected chi connectivity index (χ0v) is 8.56. The third-order valence-corrected chi connectivity index (χ3v) is 1.85. The van der Waals surface area contributed by atoms with E-state index in [4.69, 9.17) is 4.74 Å². The number of pyridine rings is 1. The lowest BCUT2D eigenvalue weighted by atomic mass is 10.1. The second kappa shape index (κ2) is 5.50. The van der Waals surface area contributed by atoms with Crippen LogP contribution in [-0.4, -0.2) is 17.4 Å². The van der Waals surface area contributed by atoms with Crippen molar-refractivity contribution >= 4 is 5.78 Å². The fourth-order valence-electron chi connectivity index (χ4n) is 1.22. The van der Waals surface area contributed by atoms with Gasteiger partial charge in [-0.15, -0.1) is 0 Å². The van der Waals surface area contributed by atoms with Crippen LogP contribution in [0.5, 0.6) is 0 Å². The number of hydrogen-bond acceptors (Lipinski definition) is 3. The molecule has 0 radical (unpaired) electrons. The summed E-state index contributed by atoms with van der Waals surface area (Å²) >= 11 is 0. The summed E-state index contributed by atoms with van der Waals surface area (Å²) in [5.41, 5.74) is 0.827. The van der Waals surface area contributed by atoms with Crippen molar-refractivity contribution in [1.29, 1.82) is 0 Å². The van der Waals surface area contributed by atoms with Crippen molar-refractivity contribution in [3.05, 3.63) is 30.1 Å². The first-order chi connectivity index (χ1) is 6.75. The van der Waals surface area contributed by atoms with E-state index in [1.807, 2.05) is 13.0 Å². The minimum absolute atomic E-state index is 0.0199. The van der Waals surface area contributed by atoms with Gasteiger partial charge < -0.3 is 4.74 Å². The second-order valence-corrected chi connectivity index (χ2v) is 3.15. The third kappa shape index (κ3) is 2.92. The van der Waals surface area contributed by atoms with Crippen molar-refractivity contribution in [2.75, 3.05) is 6.61 Å². The Kier molecular flexibility index (Phi) is 4.26. The number of carbonyl (C=O) groups is 1. The molecule has 0 spiro atoms. The summed E-state index contributed by atoms with van der Waals surface area (Å²) in [6.45, 7) is 4.15. The second-order valence-electron chi connectivity index (χ2n) is 3.15. The van der Waals surface area contributed by atoms with Gasteiger partial charge in [-0.25, -0.2) is 0 Å². The molecule has 76 valence electrons. The molecule has 1 heterocycles. The number of Topliss-reactive ketones (excluding diaryl/α,β-unsaturated/α-hetero) is 1. The first kappa shape index (κ1) is 10.9. The molecule has 0 amide bonds. The Morgan fingerprint density at radius 2 is 2.43 bits per heavy atom. The van der Waals surface area contributed by atoms with Crippen LogP contribution in [-0.2, 0) is 9.53 Å². The molecule has 3 nitrogen and oxygen atoms in total. The highest BCUT2D eigenvalue weighted by molar-refractivity contribution is 5.81. The molecule has 0 aliphatic heterocycles. The van der Waals surface area contributed by atoms with E-state index in [0.717, 1.165) is 12.0 Å². The van der Waals surface area contributed by atoms with Gasteiger partial charge in [0, 0.05) is 24.6 Å². The zero-order valence-electron chi connectivity index (χ0n) is 8.56. The molecular weight excluding hydrogens is 178 g/mol. The highest BCUT2D eigenvalue weighted by Gasteiger charge is 2.16. The third-order valence-electron chi connectivity index (χ3n) is 1.85. The number of ketones is 1. The molecule has 3 heteroatoms. The van der Waals surface area contributed by atoms with Gasteiger partial charge in [0.25, 0.3) is 0 Å². The first-order valence-electron chi connectivity index (χ1n) is 4.77. The topological polar surface area (TPSA) is 39.2 Å². The maximum atomic E-state index is 11.3. The largest absolute Gasteiger partial charge is 0.366 e. The fourth-order valence-corrected chi connectivity index (χ4v) is 1.22. The van der Waals surface area contributed by atoms with E-state index in [-0.39, 0.29) is 5.78 Å². The molecule has 0 bridgehead atoms. The summed E-state index contributed by atoms with van der Waals surface area (Å²) in [5, 5.41) is 0. The maximum Gasteiger partial charge on any atom is 0.163 e. The highest BCUT2D eigenvalue weighted by atomic mass is 16.5. The van der Waals surface area contributed by atoms with Crippen LogP contribution in [0, 0.1) is 0 Å². The molecule has 0 saturated carbocycles. The van der Waals surface area contributed by atoms with Gasteiger partial charge in [0.15, 0.2) is 5.78 Å². The summed E-state index contributed by atoms with van der Waals surface area (Å²) < 4.78 is 5.45. The standard InChI is InChI=1S/C11H15NO2/c1-3-7-14-11(9(2)13)10-5-4-6-12-8-10/h4-6,8,11H,3,7H2,1-2H3. The van der Waals surface area contributed by atoms with Crippen molar-refractivity contribution < 1.29 is 9.53 Å². The molecule has 1 atom stereocenters. The van der Waals surface area contributed by atoms with Crippen molar-refractivity contribution in [2.24, 2.45) is 0 Å². The van der Waals surface area contributed by atoms with Crippen LogP contribution in [0.3, 0.4) is 0 Å². The lowest BCUT2D eigenvalue weighted by Crippen LogP contribution is -2.13. The fraction of sp³-hybridized carbons (Fsp3) is 0.455. The number of aromatic nitrogens is 1. The summed E-state index contributed by atoms with van der Waals surface area (Å²) in [5.74, 6) is 0.0199. The predicted molar refractivity (Wildman–Crippen MR) is 53.9 cm³/mol. The van der Waals surface area contributed by atoms with Gasteiger partial charge in [0.2, 0.25) is 0 Å². The Balaban J connectivity index is 2.73. The van der Waals surface area contributed by atoms with Gasteiger partial charge >= 0.3 is 0 Å². The van der Waals surface area contributed by atoms with Gasteiger partial charge in [-0.1, -0.05) is 13.0 Å². The molecule has 0 aliphatic rings. The van der Waals surface area contributed by atoms with Crippen LogP contribution in [0.2, 0.25) is 0 Å². The Morgan fingerprint density at radius 3 is 2.93 bits per heavy atom. The molecule has 1 aromatic rings. The van der Waals surface area contributed by atoms with Crippen molar-refractivity contribution in [3.8, 4) is 0 Å². The van der Waals surface area contributed by atoms with Crippen LogP contribution in [0.15, 0.2) is 24.5 Å². The Labute approximate surface area is 84.1 Å². The van der Waals surface area contributed by atoms with Gasteiger partial charge in [-0.05, 0) is 19.4 Å². The molecule has 0 aliphatic carbocycles. The van der Waals surface area contributed by atoms with E-state index >= 15 is 0 Å². The lowest BCUT2D eigenvalue weighted by Gasteiger charge is -2.13. The smallest absolute Gasteiger partial charge is 0.163 e. The van der Waals surface area contributed by atoms with Crippen LogP contribution in [0.1, 0.15) is 31.9 Å². The average molecular weight is 193 g/mol. The average Bonchev–Trinajstić information content (AvgIpc) is 2.19. The normalized spacial score (nSPS) is 12.4. The minimum atomic E-state index is -0.455. The maximum absolute atomic E-state index is 11.3. The minimum Gasteiger partial charge on any atom is -0.366 e. The molecule has 14 heavy (non-hydrogen) atoms. The molecule has 0 aromatic carbocycles. The van der Waals surface area contributed by atoms with E-state index in [1.54, 1.807) is 18.5 Å². The summed E-state index contributed by atoms with van der Waals surface area (Å²) in [6, 6.07) is 3.66. The molecule has 1 aromatic heterocycles. The lowest BCUT2D eigenvalue weighted by molar-refractivity contribution is -0.128. The monoisotopic (exact) mass is 193 g/mol. The quantitative estimate of drug-likeness (QED) is 0.719. The van der Waals surface area contributed by atoms with Crippen LogP contribution >= 0.6 is 0 Å². The van der Waals surface area contributed by atoms with Crippen molar-refractivity contribution in [3.63, 3.8) is 0 Å².